The molecule has 7 heteroatoms. The zero-order chi connectivity index (χ0) is 23.5. The summed E-state index contributed by atoms with van der Waals surface area (Å²) in [5.41, 5.74) is 1.02. The molecule has 2 amide bonds. The third-order valence-corrected chi connectivity index (χ3v) is 5.98. The van der Waals surface area contributed by atoms with Crippen LogP contribution < -0.4 is 5.32 Å². The predicted molar refractivity (Wildman–Crippen MR) is 117 cm³/mol. The molecular weight excluding hydrogens is 417 g/mol. The van der Waals surface area contributed by atoms with Crippen molar-refractivity contribution in [3.05, 3.63) is 70.8 Å². The van der Waals surface area contributed by atoms with Crippen LogP contribution in [0.25, 0.3) is 0 Å². The number of carbonyl (C=O) groups excluding carboxylic acids is 2. The van der Waals surface area contributed by atoms with Gasteiger partial charge in [-0.1, -0.05) is 50.2 Å². The highest BCUT2D eigenvalue weighted by molar-refractivity contribution is 5.96. The minimum absolute atomic E-state index is 0.168. The molecular formula is C25H29F3N2O2. The number of alkyl halides is 3. The number of nitrogens with one attached hydrogen (secondary N) is 1. The quantitative estimate of drug-likeness (QED) is 0.677. The van der Waals surface area contributed by atoms with Crippen molar-refractivity contribution in [1.82, 2.24) is 10.2 Å². The van der Waals surface area contributed by atoms with Gasteiger partial charge in [0.25, 0.3) is 5.91 Å². The van der Waals surface area contributed by atoms with Gasteiger partial charge in [0.2, 0.25) is 5.91 Å². The van der Waals surface area contributed by atoms with Gasteiger partial charge in [-0.15, -0.1) is 0 Å². The average molecular weight is 447 g/mol. The molecule has 1 aliphatic heterocycles. The molecule has 1 fully saturated rings. The summed E-state index contributed by atoms with van der Waals surface area (Å²) < 4.78 is 39.8. The fourth-order valence-corrected chi connectivity index (χ4v) is 4.12. The summed E-state index contributed by atoms with van der Waals surface area (Å²) in [4.78, 5) is 27.7. The Bertz CT molecular complexity index is 972. The molecule has 2 unspecified atom stereocenters. The molecule has 32 heavy (non-hydrogen) atoms. The highest BCUT2D eigenvalue weighted by Gasteiger charge is 2.41. The maximum Gasteiger partial charge on any atom is 0.416 e. The van der Waals surface area contributed by atoms with E-state index in [-0.39, 0.29) is 24.9 Å². The molecule has 2 atom stereocenters. The zero-order valence-corrected chi connectivity index (χ0v) is 18.6. The molecule has 3 rings (SSSR count). The monoisotopic (exact) mass is 446 g/mol. The van der Waals surface area contributed by atoms with Crippen molar-refractivity contribution in [2.45, 2.75) is 39.3 Å². The van der Waals surface area contributed by atoms with Crippen molar-refractivity contribution in [3.8, 4) is 0 Å². The normalized spacial score (nSPS) is 18.8. The second kappa shape index (κ2) is 9.76. The van der Waals surface area contributed by atoms with Crippen LogP contribution >= 0.6 is 0 Å². The Labute approximate surface area is 186 Å². The SMILES string of the molecule is Cc1ccccc1C(=O)N1CC(C(=O)NCCC(C)C)C(c2cccc(C(F)(F)F)c2)C1. The summed E-state index contributed by atoms with van der Waals surface area (Å²) in [7, 11) is 0. The van der Waals surface area contributed by atoms with Gasteiger partial charge < -0.3 is 10.2 Å². The largest absolute Gasteiger partial charge is 0.416 e. The zero-order valence-electron chi connectivity index (χ0n) is 18.6. The Morgan fingerprint density at radius 3 is 2.47 bits per heavy atom. The first-order chi connectivity index (χ1) is 15.1. The standard InChI is InChI=1S/C25H29F3N2O2/c1-16(2)11-12-29-23(31)22-15-30(24(32)20-10-5-4-7-17(20)3)14-21(22)18-8-6-9-19(13-18)25(26,27)28/h4-10,13,16,21-22H,11-12,14-15H2,1-3H3,(H,29,31). The summed E-state index contributed by atoms with van der Waals surface area (Å²) in [5.74, 6) is -1.15. The van der Waals surface area contributed by atoms with Gasteiger partial charge in [-0.2, -0.15) is 13.2 Å². The Hall–Kier alpha value is -2.83. The lowest BCUT2D eigenvalue weighted by molar-refractivity contribution is -0.137. The minimum atomic E-state index is -4.47. The summed E-state index contributed by atoms with van der Waals surface area (Å²) in [6, 6.07) is 12.3. The number of aryl methyl sites for hydroxylation is 1. The highest BCUT2D eigenvalue weighted by Crippen LogP contribution is 2.37. The number of nitrogens with zero attached hydrogens (tertiary/aromatic N) is 1. The molecule has 0 bridgehead atoms. The summed E-state index contributed by atoms with van der Waals surface area (Å²) in [5, 5.41) is 2.91. The lowest BCUT2D eigenvalue weighted by Crippen LogP contribution is -2.36. The Morgan fingerprint density at radius 2 is 1.81 bits per heavy atom. The van der Waals surface area contributed by atoms with Crippen LogP contribution in [0.1, 0.15) is 53.2 Å². The van der Waals surface area contributed by atoms with Gasteiger partial charge in [0.1, 0.15) is 0 Å². The van der Waals surface area contributed by atoms with Crippen LogP contribution in [0, 0.1) is 18.8 Å². The molecule has 2 aromatic rings. The first-order valence-electron chi connectivity index (χ1n) is 10.9. The molecule has 1 N–H and O–H groups in total. The number of halogens is 3. The molecule has 4 nitrogen and oxygen atoms in total. The molecule has 1 heterocycles. The minimum Gasteiger partial charge on any atom is -0.356 e. The van der Waals surface area contributed by atoms with Crippen molar-refractivity contribution >= 4 is 11.8 Å². The predicted octanol–water partition coefficient (Wildman–Crippen LogP) is 5.03. The second-order valence-corrected chi connectivity index (χ2v) is 8.83. The maximum absolute atomic E-state index is 13.3. The van der Waals surface area contributed by atoms with Crippen LogP contribution in [0.4, 0.5) is 13.2 Å². The van der Waals surface area contributed by atoms with Gasteiger partial charge in [-0.3, -0.25) is 9.59 Å². The number of carbonyl (C=O) groups is 2. The lowest BCUT2D eigenvalue weighted by Gasteiger charge is -2.19. The molecule has 0 saturated carbocycles. The fourth-order valence-electron chi connectivity index (χ4n) is 4.12. The van der Waals surface area contributed by atoms with Crippen molar-refractivity contribution < 1.29 is 22.8 Å². The van der Waals surface area contributed by atoms with E-state index in [2.05, 4.69) is 19.2 Å². The van der Waals surface area contributed by atoms with Crippen LogP contribution in [-0.2, 0) is 11.0 Å². The second-order valence-electron chi connectivity index (χ2n) is 8.83. The van der Waals surface area contributed by atoms with E-state index in [1.807, 2.05) is 19.1 Å². The summed E-state index contributed by atoms with van der Waals surface area (Å²) in [6.07, 6.45) is -3.67. The van der Waals surface area contributed by atoms with Gasteiger partial charge in [0.05, 0.1) is 11.5 Å². The van der Waals surface area contributed by atoms with Crippen LogP contribution in [-0.4, -0.2) is 36.3 Å². The molecule has 0 spiro atoms. The topological polar surface area (TPSA) is 49.4 Å². The van der Waals surface area contributed by atoms with E-state index in [1.54, 1.807) is 23.1 Å². The van der Waals surface area contributed by atoms with E-state index in [9.17, 15) is 22.8 Å². The van der Waals surface area contributed by atoms with Crippen molar-refractivity contribution in [1.29, 1.82) is 0 Å². The molecule has 0 aromatic heterocycles. The fraction of sp³-hybridized carbons (Fsp3) is 0.440. The number of benzene rings is 2. The van der Waals surface area contributed by atoms with E-state index in [1.165, 1.54) is 6.07 Å². The molecule has 0 radical (unpaired) electrons. The van der Waals surface area contributed by atoms with Gasteiger partial charge in [-0.25, -0.2) is 0 Å². The average Bonchev–Trinajstić information content (AvgIpc) is 3.18. The van der Waals surface area contributed by atoms with E-state index in [0.29, 0.717) is 23.6 Å². The van der Waals surface area contributed by atoms with Gasteiger partial charge in [0, 0.05) is 31.1 Å². The first-order valence-corrected chi connectivity index (χ1v) is 10.9. The van der Waals surface area contributed by atoms with E-state index < -0.39 is 23.6 Å². The van der Waals surface area contributed by atoms with Crippen LogP contribution in [0.15, 0.2) is 48.5 Å². The molecule has 1 saturated heterocycles. The molecule has 2 aromatic carbocycles. The van der Waals surface area contributed by atoms with Crippen molar-refractivity contribution in [2.75, 3.05) is 19.6 Å². The molecule has 1 aliphatic rings. The third kappa shape index (κ3) is 5.50. The number of rotatable bonds is 6. The Morgan fingerprint density at radius 1 is 1.09 bits per heavy atom. The van der Waals surface area contributed by atoms with E-state index in [0.717, 1.165) is 24.1 Å². The number of hydrogen-bond acceptors (Lipinski definition) is 2. The highest BCUT2D eigenvalue weighted by atomic mass is 19.4. The van der Waals surface area contributed by atoms with Gasteiger partial charge in [0.15, 0.2) is 0 Å². The maximum atomic E-state index is 13.3. The number of hydrogen-bond donors (Lipinski definition) is 1. The Kier molecular flexibility index (Phi) is 7.26. The van der Waals surface area contributed by atoms with Gasteiger partial charge >= 0.3 is 6.18 Å². The third-order valence-electron chi connectivity index (χ3n) is 5.98. The Balaban J connectivity index is 1.88. The summed E-state index contributed by atoms with van der Waals surface area (Å²) >= 11 is 0. The van der Waals surface area contributed by atoms with E-state index >= 15 is 0 Å². The van der Waals surface area contributed by atoms with Crippen molar-refractivity contribution in [2.24, 2.45) is 11.8 Å². The van der Waals surface area contributed by atoms with E-state index in [4.69, 9.17) is 0 Å². The number of amides is 2. The smallest absolute Gasteiger partial charge is 0.356 e. The van der Waals surface area contributed by atoms with Gasteiger partial charge in [-0.05, 0) is 42.5 Å². The lowest BCUT2D eigenvalue weighted by atomic mass is 9.87. The van der Waals surface area contributed by atoms with Crippen LogP contribution in [0.2, 0.25) is 0 Å². The number of likely N-dealkylation sites (tertiary alicyclic amines) is 1. The molecule has 172 valence electrons. The van der Waals surface area contributed by atoms with Crippen LogP contribution in [0.3, 0.4) is 0 Å². The molecule has 0 aliphatic carbocycles. The van der Waals surface area contributed by atoms with Crippen LogP contribution in [0.5, 0.6) is 0 Å². The van der Waals surface area contributed by atoms with Crippen molar-refractivity contribution in [3.63, 3.8) is 0 Å². The summed E-state index contributed by atoms with van der Waals surface area (Å²) in [6.45, 7) is 6.79. The first kappa shape index (κ1) is 23.8.